The van der Waals surface area contributed by atoms with E-state index in [2.05, 4.69) is 20.3 Å². The average molecular weight is 465 g/mol. The summed E-state index contributed by atoms with van der Waals surface area (Å²) in [5.74, 6) is 0.581. The predicted molar refractivity (Wildman–Crippen MR) is 119 cm³/mol. The van der Waals surface area contributed by atoms with Crippen LogP contribution in [0.5, 0.6) is 0 Å². The summed E-state index contributed by atoms with van der Waals surface area (Å²) in [6, 6.07) is 11.6. The fourth-order valence-electron chi connectivity index (χ4n) is 3.08. The van der Waals surface area contributed by atoms with Gasteiger partial charge in [-0.3, -0.25) is 4.79 Å². The lowest BCUT2D eigenvalue weighted by molar-refractivity contribution is -0.144. The second kappa shape index (κ2) is 8.85. The van der Waals surface area contributed by atoms with Crippen molar-refractivity contribution in [3.05, 3.63) is 69.9 Å². The number of rotatable bonds is 7. The number of carbonyl (C=O) groups is 1. The number of ether oxygens (including phenoxy) is 1. The second-order valence-corrected chi connectivity index (χ2v) is 8.46. The Morgan fingerprint density at radius 1 is 1.09 bits per heavy atom. The van der Waals surface area contributed by atoms with Crippen LogP contribution in [0.3, 0.4) is 0 Å². The molecule has 32 heavy (non-hydrogen) atoms. The van der Waals surface area contributed by atoms with Gasteiger partial charge in [0.1, 0.15) is 22.0 Å². The summed E-state index contributed by atoms with van der Waals surface area (Å²) in [5, 5.41) is 18.9. The SMILES string of the molecule is Cc1onc(-c2ccccc2)c1-c1nnc(COC(=O)Cc2csc(-c3ccsc3)n2)o1. The van der Waals surface area contributed by atoms with Gasteiger partial charge in [0.15, 0.2) is 6.61 Å². The van der Waals surface area contributed by atoms with Crippen molar-refractivity contribution in [1.82, 2.24) is 20.3 Å². The summed E-state index contributed by atoms with van der Waals surface area (Å²) < 4.78 is 16.4. The molecule has 0 spiro atoms. The van der Waals surface area contributed by atoms with Crippen LogP contribution in [0.25, 0.3) is 33.3 Å². The van der Waals surface area contributed by atoms with E-state index >= 15 is 0 Å². The minimum atomic E-state index is -0.418. The first-order chi connectivity index (χ1) is 15.7. The van der Waals surface area contributed by atoms with Crippen LogP contribution in [0.4, 0.5) is 0 Å². The zero-order valence-corrected chi connectivity index (χ0v) is 18.5. The van der Waals surface area contributed by atoms with Gasteiger partial charge in [0.2, 0.25) is 0 Å². The van der Waals surface area contributed by atoms with Crippen molar-refractivity contribution in [3.63, 3.8) is 0 Å². The van der Waals surface area contributed by atoms with Crippen molar-refractivity contribution >= 4 is 28.6 Å². The zero-order valence-electron chi connectivity index (χ0n) is 16.8. The molecule has 0 amide bonds. The summed E-state index contributed by atoms with van der Waals surface area (Å²) in [5.41, 5.74) is 3.82. The largest absolute Gasteiger partial charge is 0.455 e. The predicted octanol–water partition coefficient (Wildman–Crippen LogP) is 5.17. The monoisotopic (exact) mass is 464 g/mol. The van der Waals surface area contributed by atoms with Gasteiger partial charge < -0.3 is 13.7 Å². The number of aryl methyl sites for hydroxylation is 1. The molecule has 0 radical (unpaired) electrons. The Kier molecular flexibility index (Phi) is 5.61. The average Bonchev–Trinajstić information content (AvgIpc) is 3.59. The van der Waals surface area contributed by atoms with Crippen LogP contribution >= 0.6 is 22.7 Å². The molecule has 0 saturated carbocycles. The molecular formula is C22H16N4O4S2. The molecule has 4 aromatic heterocycles. The second-order valence-electron chi connectivity index (χ2n) is 6.82. The van der Waals surface area contributed by atoms with E-state index in [-0.39, 0.29) is 24.8 Å². The van der Waals surface area contributed by atoms with Crippen molar-refractivity contribution in [2.45, 2.75) is 20.0 Å². The van der Waals surface area contributed by atoms with Gasteiger partial charge in [-0.1, -0.05) is 35.5 Å². The van der Waals surface area contributed by atoms with E-state index in [4.69, 9.17) is 13.7 Å². The smallest absolute Gasteiger partial charge is 0.312 e. The van der Waals surface area contributed by atoms with Crippen molar-refractivity contribution in [3.8, 4) is 33.3 Å². The Hall–Kier alpha value is -3.63. The molecule has 0 N–H and O–H groups in total. The highest BCUT2D eigenvalue weighted by molar-refractivity contribution is 7.14. The van der Waals surface area contributed by atoms with Crippen LogP contribution < -0.4 is 0 Å². The molecule has 0 aliphatic carbocycles. The van der Waals surface area contributed by atoms with Crippen molar-refractivity contribution in [2.24, 2.45) is 0 Å². The highest BCUT2D eigenvalue weighted by atomic mass is 32.1. The number of carbonyl (C=O) groups excluding carboxylic acids is 1. The van der Waals surface area contributed by atoms with E-state index in [0.29, 0.717) is 22.7 Å². The lowest BCUT2D eigenvalue weighted by atomic mass is 10.1. The van der Waals surface area contributed by atoms with Crippen LogP contribution in [-0.2, 0) is 22.6 Å². The Labute approximate surface area is 190 Å². The van der Waals surface area contributed by atoms with E-state index in [1.807, 2.05) is 52.5 Å². The summed E-state index contributed by atoms with van der Waals surface area (Å²) in [6.45, 7) is 1.65. The first-order valence-electron chi connectivity index (χ1n) is 9.64. The number of nitrogens with zero attached hydrogens (tertiary/aromatic N) is 4. The zero-order chi connectivity index (χ0) is 21.9. The third-order valence-electron chi connectivity index (χ3n) is 4.59. The summed E-state index contributed by atoms with van der Waals surface area (Å²) in [6.07, 6.45) is 0.0740. The van der Waals surface area contributed by atoms with Gasteiger partial charge in [-0.15, -0.1) is 21.5 Å². The van der Waals surface area contributed by atoms with Gasteiger partial charge in [-0.05, 0) is 18.4 Å². The maximum absolute atomic E-state index is 12.2. The molecule has 0 fully saturated rings. The minimum Gasteiger partial charge on any atom is -0.455 e. The van der Waals surface area contributed by atoms with Crippen LogP contribution in [-0.4, -0.2) is 26.3 Å². The first kappa shape index (κ1) is 20.3. The Morgan fingerprint density at radius 2 is 1.97 bits per heavy atom. The standard InChI is InChI=1S/C22H16N4O4S2/c1-13-19(20(26-30-13)14-5-3-2-4-6-14)21-25-24-17(29-21)10-28-18(27)9-16-12-32-22(23-16)15-7-8-31-11-15/h2-8,11-12H,9-10H2,1H3. The molecule has 160 valence electrons. The third-order valence-corrected chi connectivity index (χ3v) is 6.22. The van der Waals surface area contributed by atoms with Crippen LogP contribution in [0.2, 0.25) is 0 Å². The summed E-state index contributed by atoms with van der Waals surface area (Å²) >= 11 is 3.10. The maximum atomic E-state index is 12.2. The first-order valence-corrected chi connectivity index (χ1v) is 11.5. The van der Waals surface area contributed by atoms with Gasteiger partial charge in [-0.25, -0.2) is 4.98 Å². The Balaban J connectivity index is 1.24. The molecule has 0 saturated heterocycles. The van der Waals surface area contributed by atoms with Crippen LogP contribution in [0.1, 0.15) is 17.3 Å². The Morgan fingerprint density at radius 3 is 2.78 bits per heavy atom. The van der Waals surface area contributed by atoms with Crippen molar-refractivity contribution < 1.29 is 18.5 Å². The van der Waals surface area contributed by atoms with Gasteiger partial charge in [0, 0.05) is 21.9 Å². The molecule has 5 rings (SSSR count). The van der Waals surface area contributed by atoms with Crippen molar-refractivity contribution in [1.29, 1.82) is 0 Å². The number of hydrogen-bond acceptors (Lipinski definition) is 10. The number of hydrogen-bond donors (Lipinski definition) is 0. The lowest BCUT2D eigenvalue weighted by Gasteiger charge is -2.00. The van der Waals surface area contributed by atoms with E-state index in [9.17, 15) is 4.79 Å². The topological polar surface area (TPSA) is 104 Å². The highest BCUT2D eigenvalue weighted by Crippen LogP contribution is 2.33. The number of thiophene rings is 1. The van der Waals surface area contributed by atoms with Gasteiger partial charge in [0.05, 0.1) is 12.1 Å². The number of thiazole rings is 1. The van der Waals surface area contributed by atoms with E-state index in [1.54, 1.807) is 18.3 Å². The van der Waals surface area contributed by atoms with Gasteiger partial charge in [0.25, 0.3) is 11.8 Å². The molecule has 4 heterocycles. The molecule has 8 nitrogen and oxygen atoms in total. The highest BCUT2D eigenvalue weighted by Gasteiger charge is 2.22. The van der Waals surface area contributed by atoms with E-state index in [1.165, 1.54) is 11.3 Å². The van der Waals surface area contributed by atoms with Crippen LogP contribution in [0, 0.1) is 6.92 Å². The lowest BCUT2D eigenvalue weighted by Crippen LogP contribution is -2.08. The van der Waals surface area contributed by atoms with E-state index < -0.39 is 5.97 Å². The number of benzene rings is 1. The van der Waals surface area contributed by atoms with E-state index in [0.717, 1.165) is 16.1 Å². The third kappa shape index (κ3) is 4.23. The molecule has 5 aromatic rings. The van der Waals surface area contributed by atoms with Gasteiger partial charge in [-0.2, -0.15) is 11.3 Å². The van der Waals surface area contributed by atoms with Gasteiger partial charge >= 0.3 is 5.97 Å². The normalized spacial score (nSPS) is 11.0. The quantitative estimate of drug-likeness (QED) is 0.304. The molecule has 0 aliphatic rings. The van der Waals surface area contributed by atoms with Crippen molar-refractivity contribution in [2.75, 3.05) is 0 Å². The summed E-state index contributed by atoms with van der Waals surface area (Å²) in [7, 11) is 0. The fraction of sp³-hybridized carbons (Fsp3) is 0.136. The maximum Gasteiger partial charge on any atom is 0.312 e. The number of aromatic nitrogens is 4. The molecule has 1 aromatic carbocycles. The molecule has 0 atom stereocenters. The number of esters is 1. The fourth-order valence-corrected chi connectivity index (χ4v) is 4.61. The molecule has 0 unspecified atom stereocenters. The molecule has 0 bridgehead atoms. The summed E-state index contributed by atoms with van der Waals surface area (Å²) in [4.78, 5) is 16.7. The molecular weight excluding hydrogens is 448 g/mol. The van der Waals surface area contributed by atoms with Crippen LogP contribution in [0.15, 0.2) is 61.5 Å². The minimum absolute atomic E-state index is 0.0740. The molecule has 10 heteroatoms. The molecule has 0 aliphatic heterocycles. The Bertz CT molecular complexity index is 1340.